The van der Waals surface area contributed by atoms with Crippen molar-refractivity contribution in [2.24, 2.45) is 0 Å². The van der Waals surface area contributed by atoms with Gasteiger partial charge >= 0.3 is 0 Å². The van der Waals surface area contributed by atoms with Gasteiger partial charge < -0.3 is 24.1 Å². The van der Waals surface area contributed by atoms with Crippen molar-refractivity contribution < 1.29 is 24.1 Å². The van der Waals surface area contributed by atoms with Crippen molar-refractivity contribution in [2.75, 3.05) is 27.6 Å². The molecule has 6 nitrogen and oxygen atoms in total. The lowest BCUT2D eigenvalue weighted by Gasteiger charge is -2.46. The Morgan fingerprint density at radius 2 is 2.21 bits per heavy atom. The van der Waals surface area contributed by atoms with Gasteiger partial charge in [-0.3, -0.25) is 4.90 Å². The Labute approximate surface area is 140 Å². The predicted molar refractivity (Wildman–Crippen MR) is 85.6 cm³/mol. The summed E-state index contributed by atoms with van der Waals surface area (Å²) in [7, 11) is 3.39. The Morgan fingerprint density at radius 1 is 1.33 bits per heavy atom. The first-order chi connectivity index (χ1) is 11.7. The zero-order valence-corrected chi connectivity index (χ0v) is 13.8. The second kappa shape index (κ2) is 4.88. The van der Waals surface area contributed by atoms with Gasteiger partial charge in [-0.15, -0.1) is 0 Å². The molecule has 0 aromatic heterocycles. The SMILES string of the molecule is COc1c2c(cc3c1OCO3)C13C=C[C@H](OC)CC1N(C2)CC3O. The molecule has 1 aromatic rings. The minimum atomic E-state index is -0.456. The first kappa shape index (κ1) is 14.6. The minimum absolute atomic E-state index is 0.0911. The van der Waals surface area contributed by atoms with Crippen LogP contribution in [0.4, 0.5) is 0 Å². The summed E-state index contributed by atoms with van der Waals surface area (Å²) in [5.41, 5.74) is 1.76. The molecule has 0 spiro atoms. The normalized spacial score (nSPS) is 38.0. The van der Waals surface area contributed by atoms with Crippen molar-refractivity contribution >= 4 is 0 Å². The van der Waals surface area contributed by atoms with Crippen LogP contribution in [0.5, 0.6) is 17.2 Å². The molecule has 1 N–H and O–H groups in total. The summed E-state index contributed by atoms with van der Waals surface area (Å²) in [4.78, 5) is 2.34. The molecule has 6 heteroatoms. The van der Waals surface area contributed by atoms with Crippen LogP contribution in [0.2, 0.25) is 0 Å². The van der Waals surface area contributed by atoms with Gasteiger partial charge in [-0.25, -0.2) is 0 Å². The van der Waals surface area contributed by atoms with Crippen LogP contribution < -0.4 is 14.2 Å². The predicted octanol–water partition coefficient (Wildman–Crippen LogP) is 1.20. The molecule has 3 heterocycles. The highest BCUT2D eigenvalue weighted by molar-refractivity contribution is 5.65. The molecular formula is C18H21NO5. The van der Waals surface area contributed by atoms with E-state index in [4.69, 9.17) is 18.9 Å². The smallest absolute Gasteiger partial charge is 0.231 e. The molecule has 4 aliphatic rings. The van der Waals surface area contributed by atoms with Gasteiger partial charge in [0.05, 0.1) is 24.7 Å². The summed E-state index contributed by atoms with van der Waals surface area (Å²) >= 11 is 0. The number of rotatable bonds is 2. The third-order valence-corrected chi connectivity index (χ3v) is 6.05. The van der Waals surface area contributed by atoms with E-state index in [1.165, 1.54) is 0 Å². The van der Waals surface area contributed by atoms with Crippen molar-refractivity contribution in [3.8, 4) is 17.2 Å². The Hall–Kier alpha value is -1.76. The van der Waals surface area contributed by atoms with Crippen molar-refractivity contribution in [3.63, 3.8) is 0 Å². The maximum atomic E-state index is 11.0. The Morgan fingerprint density at radius 3 is 3.00 bits per heavy atom. The molecule has 0 amide bonds. The first-order valence-electron chi connectivity index (χ1n) is 8.33. The molecule has 1 aromatic carbocycles. The number of hydrogen-bond acceptors (Lipinski definition) is 6. The van der Waals surface area contributed by atoms with E-state index in [1.54, 1.807) is 14.2 Å². The van der Waals surface area contributed by atoms with E-state index in [0.29, 0.717) is 18.0 Å². The molecule has 24 heavy (non-hydrogen) atoms. The van der Waals surface area contributed by atoms with Crippen LogP contribution in [0.15, 0.2) is 18.2 Å². The van der Waals surface area contributed by atoms with Crippen LogP contribution in [0.1, 0.15) is 17.5 Å². The zero-order valence-electron chi connectivity index (χ0n) is 13.8. The third-order valence-electron chi connectivity index (χ3n) is 6.05. The van der Waals surface area contributed by atoms with Crippen LogP contribution >= 0.6 is 0 Å². The molecular weight excluding hydrogens is 310 g/mol. The number of aliphatic hydroxyl groups excluding tert-OH is 1. The van der Waals surface area contributed by atoms with E-state index in [2.05, 4.69) is 17.1 Å². The van der Waals surface area contributed by atoms with Crippen LogP contribution in [-0.4, -0.2) is 55.8 Å². The van der Waals surface area contributed by atoms with E-state index in [1.807, 2.05) is 6.07 Å². The number of methoxy groups -OCH3 is 2. The van der Waals surface area contributed by atoms with Gasteiger partial charge in [0.25, 0.3) is 0 Å². The summed E-state index contributed by atoms with van der Waals surface area (Å²) in [6.45, 7) is 1.59. The summed E-state index contributed by atoms with van der Waals surface area (Å²) < 4.78 is 22.4. The number of nitrogens with zero attached hydrogens (tertiary/aromatic N) is 1. The molecule has 3 aliphatic heterocycles. The average Bonchev–Trinajstić information content (AvgIpc) is 3.14. The average molecular weight is 331 g/mol. The van der Waals surface area contributed by atoms with Crippen LogP contribution in [-0.2, 0) is 16.7 Å². The molecule has 0 radical (unpaired) electrons. The van der Waals surface area contributed by atoms with Crippen molar-refractivity contribution in [1.29, 1.82) is 0 Å². The van der Waals surface area contributed by atoms with Crippen molar-refractivity contribution in [1.82, 2.24) is 4.90 Å². The molecule has 128 valence electrons. The summed E-state index contributed by atoms with van der Waals surface area (Å²) in [6.07, 6.45) is 4.73. The molecule has 5 rings (SSSR count). The van der Waals surface area contributed by atoms with E-state index in [9.17, 15) is 5.11 Å². The van der Waals surface area contributed by atoms with Gasteiger partial charge in [-0.1, -0.05) is 12.2 Å². The lowest BCUT2D eigenvalue weighted by atomic mass is 9.65. The quantitative estimate of drug-likeness (QED) is 0.822. The standard InChI is InChI=1S/C18H21NO5/c1-21-10-3-4-18-12-6-13-17(24-9-23-13)16(22-2)11(12)7-19(8-15(18)20)14(18)5-10/h3-4,6,10,14-15,20H,5,7-9H2,1-2H3/t10-,14?,15?,18?/m0/s1. The highest BCUT2D eigenvalue weighted by atomic mass is 16.7. The van der Waals surface area contributed by atoms with E-state index in [-0.39, 0.29) is 18.9 Å². The summed E-state index contributed by atoms with van der Waals surface area (Å²) in [6, 6.07) is 2.26. The van der Waals surface area contributed by atoms with Gasteiger partial charge in [0.15, 0.2) is 11.5 Å². The van der Waals surface area contributed by atoms with Gasteiger partial charge in [-0.05, 0) is 18.1 Å². The van der Waals surface area contributed by atoms with Crippen LogP contribution in [0.3, 0.4) is 0 Å². The number of hydrogen-bond donors (Lipinski definition) is 1. The molecule has 5 atom stereocenters. The fourth-order valence-electron chi connectivity index (χ4n) is 4.97. The van der Waals surface area contributed by atoms with Crippen LogP contribution in [0, 0.1) is 0 Å². The summed E-state index contributed by atoms with van der Waals surface area (Å²) in [5, 5.41) is 11.0. The minimum Gasteiger partial charge on any atom is -0.492 e. The maximum absolute atomic E-state index is 11.0. The number of fused-ring (bicyclic) bond motifs is 2. The summed E-state index contributed by atoms with van der Waals surface area (Å²) in [5.74, 6) is 2.11. The van der Waals surface area contributed by atoms with Crippen molar-refractivity contribution in [2.45, 2.75) is 36.6 Å². The topological polar surface area (TPSA) is 60.4 Å². The van der Waals surface area contributed by atoms with Gasteiger partial charge in [0.1, 0.15) is 0 Å². The van der Waals surface area contributed by atoms with Crippen molar-refractivity contribution in [3.05, 3.63) is 29.3 Å². The zero-order chi connectivity index (χ0) is 16.5. The lowest BCUT2D eigenvalue weighted by Crippen LogP contribution is -2.52. The Balaban J connectivity index is 1.76. The number of ether oxygens (including phenoxy) is 4. The lowest BCUT2D eigenvalue weighted by molar-refractivity contribution is 0.0655. The van der Waals surface area contributed by atoms with E-state index < -0.39 is 11.5 Å². The van der Waals surface area contributed by atoms with Gasteiger partial charge in [0, 0.05) is 31.8 Å². The first-order valence-corrected chi connectivity index (χ1v) is 8.33. The third kappa shape index (κ3) is 1.61. The number of aliphatic hydroxyl groups is 1. The Bertz CT molecular complexity index is 733. The fraction of sp³-hybridized carbons (Fsp3) is 0.556. The van der Waals surface area contributed by atoms with E-state index >= 15 is 0 Å². The van der Waals surface area contributed by atoms with Gasteiger partial charge in [-0.2, -0.15) is 0 Å². The fourth-order valence-corrected chi connectivity index (χ4v) is 4.97. The highest BCUT2D eigenvalue weighted by Gasteiger charge is 2.59. The second-order valence-electron chi connectivity index (χ2n) is 6.93. The molecule has 0 saturated carbocycles. The molecule has 4 unspecified atom stereocenters. The van der Waals surface area contributed by atoms with Gasteiger partial charge in [0.2, 0.25) is 12.5 Å². The highest BCUT2D eigenvalue weighted by Crippen LogP contribution is 2.57. The monoisotopic (exact) mass is 331 g/mol. The second-order valence-corrected chi connectivity index (χ2v) is 6.93. The number of benzene rings is 1. The largest absolute Gasteiger partial charge is 0.492 e. The molecule has 1 fully saturated rings. The molecule has 2 bridgehead atoms. The maximum Gasteiger partial charge on any atom is 0.231 e. The van der Waals surface area contributed by atoms with E-state index in [0.717, 1.165) is 29.8 Å². The molecule has 1 aliphatic carbocycles. The van der Waals surface area contributed by atoms with Crippen LogP contribution in [0.25, 0.3) is 0 Å². The Kier molecular flexibility index (Phi) is 2.96. The molecule has 1 saturated heterocycles.